The molecular weight excluding hydrogens is 262 g/mol. The number of carbonyl (C=O) groups excluding carboxylic acids is 1. The third-order valence-corrected chi connectivity index (χ3v) is 2.72. The van der Waals surface area contributed by atoms with Crippen molar-refractivity contribution in [2.45, 2.75) is 0 Å². The smallest absolute Gasteiger partial charge is 0.335 e. The molecule has 6 nitrogen and oxygen atoms in total. The van der Waals surface area contributed by atoms with Gasteiger partial charge in [-0.15, -0.1) is 0 Å². The van der Waals surface area contributed by atoms with Gasteiger partial charge < -0.3 is 5.11 Å². The molecule has 0 aliphatic heterocycles. The Balaban J connectivity index is 2.54. The number of carboxylic acid groups (broad SMARTS) is 1. The Morgan fingerprint density at radius 3 is 2.20 bits per heavy atom. The number of nitro groups is 1. The fourth-order valence-electron chi connectivity index (χ4n) is 1.75. The number of nitrogens with zero attached hydrogens (tertiary/aromatic N) is 1. The molecule has 0 saturated carbocycles. The Morgan fingerprint density at radius 1 is 1.00 bits per heavy atom. The van der Waals surface area contributed by atoms with E-state index in [1.807, 2.05) is 0 Å². The lowest BCUT2D eigenvalue weighted by Gasteiger charge is -2.03. The molecule has 0 atom stereocenters. The number of hydrogen-bond acceptors (Lipinski definition) is 4. The van der Waals surface area contributed by atoms with E-state index < -0.39 is 22.4 Å². The van der Waals surface area contributed by atoms with Gasteiger partial charge in [0.15, 0.2) is 5.78 Å². The maximum Gasteiger partial charge on any atom is 0.335 e. The summed E-state index contributed by atoms with van der Waals surface area (Å²) in [4.78, 5) is 33.3. The second-order valence-corrected chi connectivity index (χ2v) is 3.99. The number of rotatable bonds is 4. The van der Waals surface area contributed by atoms with Crippen molar-refractivity contribution in [1.82, 2.24) is 0 Å². The molecular formula is C14H9NO5. The first-order valence-electron chi connectivity index (χ1n) is 5.62. The van der Waals surface area contributed by atoms with Crippen LogP contribution in [0.2, 0.25) is 0 Å². The maximum absolute atomic E-state index is 12.2. The minimum absolute atomic E-state index is 0.133. The Bertz CT molecular complexity index is 694. The SMILES string of the molecule is O=C(O)c1ccc(C(=O)c2ccccc2)c([N+](=O)[O-])c1. The number of carboxylic acids is 1. The zero-order valence-electron chi connectivity index (χ0n) is 10.1. The van der Waals surface area contributed by atoms with Crippen LogP contribution >= 0.6 is 0 Å². The summed E-state index contributed by atoms with van der Waals surface area (Å²) < 4.78 is 0. The van der Waals surface area contributed by atoms with Crippen molar-refractivity contribution in [3.8, 4) is 0 Å². The average molecular weight is 271 g/mol. The summed E-state index contributed by atoms with van der Waals surface area (Å²) in [5.74, 6) is -1.80. The van der Waals surface area contributed by atoms with Crippen LogP contribution < -0.4 is 0 Å². The van der Waals surface area contributed by atoms with Crippen LogP contribution in [0.25, 0.3) is 0 Å². The molecule has 6 heteroatoms. The first-order chi connectivity index (χ1) is 9.50. The minimum atomic E-state index is -1.29. The number of carbonyl (C=O) groups is 2. The van der Waals surface area contributed by atoms with Gasteiger partial charge in [-0.25, -0.2) is 4.79 Å². The van der Waals surface area contributed by atoms with E-state index in [2.05, 4.69) is 0 Å². The van der Waals surface area contributed by atoms with E-state index in [4.69, 9.17) is 5.11 Å². The molecule has 0 aromatic heterocycles. The van der Waals surface area contributed by atoms with Crippen molar-refractivity contribution in [3.63, 3.8) is 0 Å². The predicted octanol–water partition coefficient (Wildman–Crippen LogP) is 2.52. The van der Waals surface area contributed by atoms with Gasteiger partial charge in [0, 0.05) is 11.6 Å². The van der Waals surface area contributed by atoms with E-state index in [9.17, 15) is 19.7 Å². The van der Waals surface area contributed by atoms with E-state index in [1.165, 1.54) is 18.2 Å². The molecule has 0 radical (unpaired) electrons. The number of nitro benzene ring substituents is 1. The lowest BCUT2D eigenvalue weighted by molar-refractivity contribution is -0.385. The lowest BCUT2D eigenvalue weighted by atomic mass is 10.00. The van der Waals surface area contributed by atoms with Gasteiger partial charge in [0.05, 0.1) is 10.5 Å². The third-order valence-electron chi connectivity index (χ3n) is 2.72. The molecule has 2 aromatic rings. The summed E-state index contributed by atoms with van der Waals surface area (Å²) in [5.41, 5.74) is -0.579. The number of ketones is 1. The van der Waals surface area contributed by atoms with E-state index in [-0.39, 0.29) is 11.1 Å². The van der Waals surface area contributed by atoms with Gasteiger partial charge in [0.25, 0.3) is 5.69 Å². The van der Waals surface area contributed by atoms with Gasteiger partial charge >= 0.3 is 5.97 Å². The third kappa shape index (κ3) is 2.54. The van der Waals surface area contributed by atoms with Crippen LogP contribution in [0.4, 0.5) is 5.69 Å². The molecule has 0 heterocycles. The highest BCUT2D eigenvalue weighted by Gasteiger charge is 2.23. The zero-order chi connectivity index (χ0) is 14.7. The summed E-state index contributed by atoms with van der Waals surface area (Å²) in [6.45, 7) is 0. The fraction of sp³-hybridized carbons (Fsp3) is 0. The molecule has 20 heavy (non-hydrogen) atoms. The molecule has 0 unspecified atom stereocenters. The Hall–Kier alpha value is -3.02. The van der Waals surface area contributed by atoms with E-state index in [0.29, 0.717) is 5.56 Å². The lowest BCUT2D eigenvalue weighted by Crippen LogP contribution is -2.07. The largest absolute Gasteiger partial charge is 0.478 e. The molecule has 0 aliphatic carbocycles. The molecule has 2 aromatic carbocycles. The first-order valence-corrected chi connectivity index (χ1v) is 5.62. The molecule has 100 valence electrons. The molecule has 0 amide bonds. The van der Waals surface area contributed by atoms with Gasteiger partial charge in [0.1, 0.15) is 5.56 Å². The van der Waals surface area contributed by atoms with E-state index in [0.717, 1.165) is 12.1 Å². The van der Waals surface area contributed by atoms with Crippen LogP contribution in [0.15, 0.2) is 48.5 Å². The van der Waals surface area contributed by atoms with Crippen molar-refractivity contribution < 1.29 is 19.6 Å². The van der Waals surface area contributed by atoms with E-state index >= 15 is 0 Å². The van der Waals surface area contributed by atoms with Gasteiger partial charge in [-0.3, -0.25) is 14.9 Å². The van der Waals surface area contributed by atoms with Crippen molar-refractivity contribution in [2.24, 2.45) is 0 Å². The summed E-state index contributed by atoms with van der Waals surface area (Å²) in [6.07, 6.45) is 0. The van der Waals surface area contributed by atoms with Gasteiger partial charge in [0.2, 0.25) is 0 Å². The van der Waals surface area contributed by atoms with Gasteiger partial charge in [-0.1, -0.05) is 30.3 Å². The summed E-state index contributed by atoms with van der Waals surface area (Å²) >= 11 is 0. The highest BCUT2D eigenvalue weighted by Crippen LogP contribution is 2.23. The van der Waals surface area contributed by atoms with Gasteiger partial charge in [-0.2, -0.15) is 0 Å². The molecule has 0 saturated heterocycles. The highest BCUT2D eigenvalue weighted by atomic mass is 16.6. The van der Waals surface area contributed by atoms with Crippen LogP contribution in [0.1, 0.15) is 26.3 Å². The van der Waals surface area contributed by atoms with Crippen LogP contribution in [0.3, 0.4) is 0 Å². The minimum Gasteiger partial charge on any atom is -0.478 e. The van der Waals surface area contributed by atoms with Crippen molar-refractivity contribution in [1.29, 1.82) is 0 Å². The topological polar surface area (TPSA) is 97.5 Å². The number of hydrogen-bond donors (Lipinski definition) is 1. The monoisotopic (exact) mass is 271 g/mol. The number of aromatic carboxylic acids is 1. The Kier molecular flexibility index (Phi) is 3.56. The van der Waals surface area contributed by atoms with Crippen molar-refractivity contribution >= 4 is 17.4 Å². The number of benzene rings is 2. The van der Waals surface area contributed by atoms with Crippen LogP contribution in [0.5, 0.6) is 0 Å². The highest BCUT2D eigenvalue weighted by molar-refractivity contribution is 6.12. The normalized spacial score (nSPS) is 10.0. The molecule has 0 bridgehead atoms. The summed E-state index contributed by atoms with van der Waals surface area (Å²) in [6, 6.07) is 11.3. The summed E-state index contributed by atoms with van der Waals surface area (Å²) in [5, 5.41) is 19.8. The molecule has 2 rings (SSSR count). The quantitative estimate of drug-likeness (QED) is 0.523. The fourth-order valence-corrected chi connectivity index (χ4v) is 1.75. The second-order valence-electron chi connectivity index (χ2n) is 3.99. The maximum atomic E-state index is 12.2. The van der Waals surface area contributed by atoms with Crippen LogP contribution in [-0.4, -0.2) is 21.8 Å². The van der Waals surface area contributed by atoms with Crippen LogP contribution in [-0.2, 0) is 0 Å². The average Bonchev–Trinajstić information content (AvgIpc) is 2.46. The zero-order valence-corrected chi connectivity index (χ0v) is 10.1. The van der Waals surface area contributed by atoms with E-state index in [1.54, 1.807) is 18.2 Å². The first kappa shape index (κ1) is 13.4. The van der Waals surface area contributed by atoms with Gasteiger partial charge in [-0.05, 0) is 12.1 Å². The summed E-state index contributed by atoms with van der Waals surface area (Å²) in [7, 11) is 0. The standard InChI is InChI=1S/C14H9NO5/c16-13(9-4-2-1-3-5-9)11-7-6-10(14(17)18)8-12(11)15(19)20/h1-8H,(H,17,18). The Morgan fingerprint density at radius 2 is 1.65 bits per heavy atom. The van der Waals surface area contributed by atoms with Crippen molar-refractivity contribution in [2.75, 3.05) is 0 Å². The molecule has 0 aliphatic rings. The molecule has 0 spiro atoms. The molecule has 1 N–H and O–H groups in total. The Labute approximate surface area is 113 Å². The van der Waals surface area contributed by atoms with Crippen LogP contribution in [0, 0.1) is 10.1 Å². The van der Waals surface area contributed by atoms with Crippen molar-refractivity contribution in [3.05, 3.63) is 75.3 Å². The predicted molar refractivity (Wildman–Crippen MR) is 69.9 cm³/mol. The molecule has 0 fully saturated rings. The second kappa shape index (κ2) is 5.31.